The van der Waals surface area contributed by atoms with Crippen LogP contribution in [-0.4, -0.2) is 25.0 Å². The SMILES string of the molecule is O=C1CCCN1c1ccc(BO)cc1. The molecule has 0 unspecified atom stereocenters. The first kappa shape index (κ1) is 9.28. The van der Waals surface area contributed by atoms with Gasteiger partial charge in [-0.2, -0.15) is 0 Å². The molecule has 0 aromatic heterocycles. The summed E-state index contributed by atoms with van der Waals surface area (Å²) in [5, 5.41) is 8.87. The predicted octanol–water partition coefficient (Wildman–Crippen LogP) is -0.218. The van der Waals surface area contributed by atoms with Crippen LogP contribution >= 0.6 is 0 Å². The standard InChI is InChI=1S/C10H12BNO2/c13-10-2-1-7-12(10)9-5-3-8(11-14)4-6-9/h3-6,11,14H,1-2,7H2. The summed E-state index contributed by atoms with van der Waals surface area (Å²) in [5.74, 6) is 0.196. The summed E-state index contributed by atoms with van der Waals surface area (Å²) < 4.78 is 0. The van der Waals surface area contributed by atoms with E-state index in [2.05, 4.69) is 0 Å². The van der Waals surface area contributed by atoms with E-state index < -0.39 is 0 Å². The zero-order chi connectivity index (χ0) is 9.97. The molecule has 14 heavy (non-hydrogen) atoms. The minimum Gasteiger partial charge on any atom is -0.449 e. The molecule has 1 saturated heterocycles. The van der Waals surface area contributed by atoms with Crippen molar-refractivity contribution in [2.24, 2.45) is 0 Å². The van der Waals surface area contributed by atoms with Crippen LogP contribution in [0.5, 0.6) is 0 Å². The summed E-state index contributed by atoms with van der Waals surface area (Å²) in [6.45, 7) is 0.817. The van der Waals surface area contributed by atoms with Crippen molar-refractivity contribution in [3.05, 3.63) is 24.3 Å². The predicted molar refractivity (Wildman–Crippen MR) is 57.0 cm³/mol. The number of carbonyl (C=O) groups is 1. The van der Waals surface area contributed by atoms with E-state index in [0.717, 1.165) is 24.1 Å². The van der Waals surface area contributed by atoms with Gasteiger partial charge in [-0.15, -0.1) is 0 Å². The number of nitrogens with zero attached hydrogens (tertiary/aromatic N) is 1. The second-order valence-corrected chi connectivity index (χ2v) is 3.47. The molecule has 0 atom stereocenters. The van der Waals surface area contributed by atoms with Crippen molar-refractivity contribution >= 4 is 24.5 Å². The van der Waals surface area contributed by atoms with Gasteiger partial charge in [0.1, 0.15) is 0 Å². The molecular formula is C10H12BNO2. The topological polar surface area (TPSA) is 40.5 Å². The highest BCUT2D eigenvalue weighted by Crippen LogP contribution is 2.19. The summed E-state index contributed by atoms with van der Waals surface area (Å²) in [6, 6.07) is 7.46. The van der Waals surface area contributed by atoms with Crippen molar-refractivity contribution in [3.8, 4) is 0 Å². The molecule has 72 valence electrons. The molecule has 4 heteroatoms. The van der Waals surface area contributed by atoms with E-state index in [4.69, 9.17) is 5.02 Å². The molecular weight excluding hydrogens is 177 g/mol. The van der Waals surface area contributed by atoms with Crippen LogP contribution in [0.2, 0.25) is 0 Å². The Kier molecular flexibility index (Phi) is 2.54. The van der Waals surface area contributed by atoms with Crippen LogP contribution in [0.25, 0.3) is 0 Å². The van der Waals surface area contributed by atoms with Gasteiger partial charge in [0.2, 0.25) is 5.91 Å². The van der Waals surface area contributed by atoms with Crippen molar-refractivity contribution in [3.63, 3.8) is 0 Å². The number of anilines is 1. The normalized spacial score (nSPS) is 16.1. The van der Waals surface area contributed by atoms with Gasteiger partial charge in [-0.05, 0) is 18.6 Å². The van der Waals surface area contributed by atoms with Crippen LogP contribution in [0.15, 0.2) is 24.3 Å². The fourth-order valence-electron chi connectivity index (χ4n) is 1.70. The molecule has 0 spiro atoms. The Hall–Kier alpha value is -1.29. The molecule has 1 aromatic carbocycles. The minimum absolute atomic E-state index is 0.0498. The van der Waals surface area contributed by atoms with Crippen molar-refractivity contribution in [1.82, 2.24) is 0 Å². The first-order valence-electron chi connectivity index (χ1n) is 4.81. The van der Waals surface area contributed by atoms with Crippen LogP contribution in [0, 0.1) is 0 Å². The summed E-state index contributed by atoms with van der Waals surface area (Å²) >= 11 is 0. The van der Waals surface area contributed by atoms with Crippen LogP contribution in [0.1, 0.15) is 12.8 Å². The maximum Gasteiger partial charge on any atom is 0.304 e. The van der Waals surface area contributed by atoms with E-state index in [9.17, 15) is 4.79 Å². The van der Waals surface area contributed by atoms with Crippen molar-refractivity contribution in [1.29, 1.82) is 0 Å². The molecule has 1 aliphatic rings. The fraction of sp³-hybridized carbons (Fsp3) is 0.300. The lowest BCUT2D eigenvalue weighted by molar-refractivity contribution is -0.117. The third-order valence-electron chi connectivity index (χ3n) is 2.50. The van der Waals surface area contributed by atoms with Gasteiger partial charge in [-0.25, -0.2) is 0 Å². The Balaban J connectivity index is 2.20. The molecule has 1 amide bonds. The van der Waals surface area contributed by atoms with Gasteiger partial charge in [0.05, 0.1) is 0 Å². The molecule has 0 saturated carbocycles. The second-order valence-electron chi connectivity index (χ2n) is 3.47. The lowest BCUT2D eigenvalue weighted by Crippen LogP contribution is -2.24. The third kappa shape index (κ3) is 1.66. The maximum atomic E-state index is 11.4. The molecule has 0 aliphatic carbocycles. The molecule has 2 rings (SSSR count). The van der Waals surface area contributed by atoms with Gasteiger partial charge in [-0.3, -0.25) is 4.79 Å². The van der Waals surface area contributed by atoms with Gasteiger partial charge in [0.15, 0.2) is 0 Å². The molecule has 1 fully saturated rings. The number of hydrogen-bond acceptors (Lipinski definition) is 2. The van der Waals surface area contributed by atoms with Gasteiger partial charge >= 0.3 is 7.48 Å². The second kappa shape index (κ2) is 3.84. The van der Waals surface area contributed by atoms with Crippen LogP contribution in [0.3, 0.4) is 0 Å². The van der Waals surface area contributed by atoms with Gasteiger partial charge < -0.3 is 9.92 Å². The highest BCUT2D eigenvalue weighted by atomic mass is 16.2. The Bertz CT molecular complexity index is 336. The number of amides is 1. The molecule has 0 radical (unpaired) electrons. The Labute approximate surface area is 83.6 Å². The van der Waals surface area contributed by atoms with Crippen molar-refractivity contribution in [2.45, 2.75) is 12.8 Å². The van der Waals surface area contributed by atoms with E-state index in [-0.39, 0.29) is 13.4 Å². The largest absolute Gasteiger partial charge is 0.449 e. The summed E-state index contributed by atoms with van der Waals surface area (Å²) in [6.07, 6.45) is 1.60. The Morgan fingerprint density at radius 1 is 1.29 bits per heavy atom. The van der Waals surface area contributed by atoms with Gasteiger partial charge in [0, 0.05) is 18.7 Å². The van der Waals surface area contributed by atoms with Crippen LogP contribution < -0.4 is 10.4 Å². The summed E-state index contributed by atoms with van der Waals surface area (Å²) in [4.78, 5) is 13.2. The maximum absolute atomic E-state index is 11.4. The monoisotopic (exact) mass is 189 g/mol. The van der Waals surface area contributed by atoms with E-state index in [1.165, 1.54) is 0 Å². The van der Waals surface area contributed by atoms with Crippen molar-refractivity contribution < 1.29 is 9.82 Å². The zero-order valence-electron chi connectivity index (χ0n) is 7.94. The molecule has 1 heterocycles. The smallest absolute Gasteiger partial charge is 0.304 e. The van der Waals surface area contributed by atoms with E-state index in [1.54, 1.807) is 4.90 Å². The van der Waals surface area contributed by atoms with E-state index in [0.29, 0.717) is 6.42 Å². The average molecular weight is 189 g/mol. The first-order valence-corrected chi connectivity index (χ1v) is 4.81. The molecule has 1 N–H and O–H groups in total. The minimum atomic E-state index is 0.0498. The quantitative estimate of drug-likeness (QED) is 0.653. The van der Waals surface area contributed by atoms with E-state index in [1.807, 2.05) is 24.3 Å². The lowest BCUT2D eigenvalue weighted by atomic mass is 9.89. The summed E-state index contributed by atoms with van der Waals surface area (Å²) in [7, 11) is 0.0498. The lowest BCUT2D eigenvalue weighted by Gasteiger charge is -2.15. The highest BCUT2D eigenvalue weighted by molar-refractivity contribution is 6.45. The Morgan fingerprint density at radius 3 is 2.50 bits per heavy atom. The van der Waals surface area contributed by atoms with Gasteiger partial charge in [-0.1, -0.05) is 17.6 Å². The average Bonchev–Trinajstić information content (AvgIpc) is 2.65. The van der Waals surface area contributed by atoms with Gasteiger partial charge in [0.25, 0.3) is 0 Å². The highest BCUT2D eigenvalue weighted by Gasteiger charge is 2.21. The Morgan fingerprint density at radius 2 is 2.00 bits per heavy atom. The number of rotatable bonds is 2. The van der Waals surface area contributed by atoms with Crippen LogP contribution in [0.4, 0.5) is 5.69 Å². The molecule has 0 bridgehead atoms. The van der Waals surface area contributed by atoms with Crippen molar-refractivity contribution in [2.75, 3.05) is 11.4 Å². The number of hydrogen-bond donors (Lipinski definition) is 1. The van der Waals surface area contributed by atoms with E-state index >= 15 is 0 Å². The summed E-state index contributed by atoms with van der Waals surface area (Å²) in [5.41, 5.74) is 1.81. The molecule has 1 aliphatic heterocycles. The first-order chi connectivity index (χ1) is 6.81. The third-order valence-corrected chi connectivity index (χ3v) is 2.50. The molecule has 3 nitrogen and oxygen atoms in total. The van der Waals surface area contributed by atoms with Crippen LogP contribution in [-0.2, 0) is 4.79 Å². The number of benzene rings is 1. The number of carbonyl (C=O) groups excluding carboxylic acids is 1. The molecule has 1 aromatic rings. The zero-order valence-corrected chi connectivity index (χ0v) is 7.94. The fourth-order valence-corrected chi connectivity index (χ4v) is 1.70.